The molecule has 2 aromatic carbocycles. The van der Waals surface area contributed by atoms with Crippen LogP contribution in [0.4, 0.5) is 5.88 Å². The molecule has 0 saturated heterocycles. The molecule has 0 atom stereocenters. The highest BCUT2D eigenvalue weighted by atomic mass is 32.2. The van der Waals surface area contributed by atoms with Crippen molar-refractivity contribution in [3.63, 3.8) is 0 Å². The maximum absolute atomic E-state index is 13.2. The van der Waals surface area contributed by atoms with E-state index in [-0.39, 0.29) is 21.7 Å². The van der Waals surface area contributed by atoms with Gasteiger partial charge in [0.05, 0.1) is 19.1 Å². The van der Waals surface area contributed by atoms with Gasteiger partial charge in [0.2, 0.25) is 26.6 Å². The van der Waals surface area contributed by atoms with Crippen molar-refractivity contribution in [3.8, 4) is 11.5 Å². The lowest BCUT2D eigenvalue weighted by Gasteiger charge is -2.10. The fourth-order valence-corrected chi connectivity index (χ4v) is 4.43. The third-order valence-corrected chi connectivity index (χ3v) is 6.49. The van der Waals surface area contributed by atoms with Crippen LogP contribution in [-0.4, -0.2) is 59.7 Å². The molecule has 1 heterocycles. The predicted molar refractivity (Wildman–Crippen MR) is 129 cm³/mol. The third-order valence-electron chi connectivity index (χ3n) is 4.81. The quantitative estimate of drug-likeness (QED) is 0.419. The summed E-state index contributed by atoms with van der Waals surface area (Å²) in [6.07, 6.45) is 4.20. The summed E-state index contributed by atoms with van der Waals surface area (Å²) in [5.74, 6) is 1.51. The molecule has 0 aliphatic rings. The number of nitrogens with zero attached hydrogens (tertiary/aromatic N) is 2. The number of oxazole rings is 1. The van der Waals surface area contributed by atoms with E-state index in [2.05, 4.69) is 15.2 Å². The van der Waals surface area contributed by atoms with Crippen LogP contribution in [0.2, 0.25) is 0 Å². The number of methoxy groups -OCH3 is 2. The third kappa shape index (κ3) is 6.15. The van der Waals surface area contributed by atoms with Gasteiger partial charge in [0, 0.05) is 12.6 Å². The highest BCUT2D eigenvalue weighted by molar-refractivity contribution is 7.91. The summed E-state index contributed by atoms with van der Waals surface area (Å²) in [5, 5.41) is 2.96. The van der Waals surface area contributed by atoms with E-state index in [4.69, 9.17) is 13.9 Å². The molecule has 33 heavy (non-hydrogen) atoms. The van der Waals surface area contributed by atoms with Gasteiger partial charge in [-0.1, -0.05) is 24.3 Å². The monoisotopic (exact) mass is 471 g/mol. The minimum absolute atomic E-state index is 0.129. The fourth-order valence-electron chi connectivity index (χ4n) is 3.12. The lowest BCUT2D eigenvalue weighted by Crippen LogP contribution is -2.17. The predicted octanol–water partition coefficient (Wildman–Crippen LogP) is 4.06. The van der Waals surface area contributed by atoms with Crippen molar-refractivity contribution in [1.29, 1.82) is 0 Å². The van der Waals surface area contributed by atoms with Crippen LogP contribution in [0.25, 0.3) is 12.2 Å². The Hall–Kier alpha value is -3.30. The molecule has 0 bridgehead atoms. The summed E-state index contributed by atoms with van der Waals surface area (Å²) in [7, 11) is 3.25. The molecule has 0 unspecified atom stereocenters. The van der Waals surface area contributed by atoms with Gasteiger partial charge in [-0.25, -0.2) is 8.42 Å². The number of hydrogen-bond donors (Lipinski definition) is 1. The van der Waals surface area contributed by atoms with Crippen LogP contribution < -0.4 is 14.8 Å². The summed E-state index contributed by atoms with van der Waals surface area (Å²) in [6, 6.07) is 13.6. The Kier molecular flexibility index (Phi) is 8.13. The Morgan fingerprint density at radius 2 is 1.76 bits per heavy atom. The van der Waals surface area contributed by atoms with Gasteiger partial charge in [-0.05, 0) is 63.0 Å². The van der Waals surface area contributed by atoms with Crippen molar-refractivity contribution in [3.05, 3.63) is 60.0 Å². The lowest BCUT2D eigenvalue weighted by molar-refractivity contribution is 0.355. The van der Waals surface area contributed by atoms with Gasteiger partial charge in [-0.2, -0.15) is 4.98 Å². The van der Waals surface area contributed by atoms with Crippen molar-refractivity contribution in [1.82, 2.24) is 9.88 Å². The number of aromatic nitrogens is 1. The summed E-state index contributed by atoms with van der Waals surface area (Å²) in [4.78, 5) is 6.51. The van der Waals surface area contributed by atoms with Gasteiger partial charge in [0.1, 0.15) is 0 Å². The molecule has 0 saturated carbocycles. The molecule has 3 aromatic rings. The summed E-state index contributed by atoms with van der Waals surface area (Å²) in [6.45, 7) is 1.40. The van der Waals surface area contributed by atoms with Gasteiger partial charge < -0.3 is 24.1 Å². The van der Waals surface area contributed by atoms with Gasteiger partial charge in [-0.3, -0.25) is 0 Å². The Morgan fingerprint density at radius 3 is 2.42 bits per heavy atom. The van der Waals surface area contributed by atoms with Crippen molar-refractivity contribution >= 4 is 27.9 Å². The Morgan fingerprint density at radius 1 is 1.03 bits per heavy atom. The van der Waals surface area contributed by atoms with E-state index >= 15 is 0 Å². The maximum atomic E-state index is 13.2. The van der Waals surface area contributed by atoms with E-state index in [0.29, 0.717) is 18.0 Å². The Balaban J connectivity index is 1.91. The molecular formula is C24H29N3O5S. The van der Waals surface area contributed by atoms with Crippen LogP contribution in [-0.2, 0) is 9.84 Å². The number of hydrogen-bond acceptors (Lipinski definition) is 8. The number of rotatable bonds is 11. The van der Waals surface area contributed by atoms with Crippen LogP contribution in [0.1, 0.15) is 17.9 Å². The lowest BCUT2D eigenvalue weighted by atomic mass is 10.2. The molecule has 1 aromatic heterocycles. The molecule has 8 nitrogen and oxygen atoms in total. The second-order valence-electron chi connectivity index (χ2n) is 7.53. The molecule has 0 aliphatic heterocycles. The number of anilines is 1. The van der Waals surface area contributed by atoms with Crippen molar-refractivity contribution in [2.24, 2.45) is 0 Å². The highest BCUT2D eigenvalue weighted by Crippen LogP contribution is 2.30. The average molecular weight is 472 g/mol. The van der Waals surface area contributed by atoms with E-state index in [1.807, 2.05) is 20.2 Å². The van der Waals surface area contributed by atoms with E-state index in [0.717, 1.165) is 18.5 Å². The van der Waals surface area contributed by atoms with Crippen molar-refractivity contribution in [2.45, 2.75) is 16.3 Å². The summed E-state index contributed by atoms with van der Waals surface area (Å²) in [5.41, 5.74) is 0.818. The molecule has 9 heteroatoms. The Labute approximate surface area is 194 Å². The molecule has 0 fully saturated rings. The molecule has 0 radical (unpaired) electrons. The molecule has 0 amide bonds. The molecule has 0 spiro atoms. The number of ether oxygens (including phenoxy) is 2. The molecule has 176 valence electrons. The summed E-state index contributed by atoms with van der Waals surface area (Å²) >= 11 is 0. The first kappa shape index (κ1) is 24.3. The zero-order chi connectivity index (χ0) is 23.8. The molecule has 1 N–H and O–H groups in total. The van der Waals surface area contributed by atoms with Crippen LogP contribution in [0.5, 0.6) is 11.5 Å². The largest absolute Gasteiger partial charge is 0.493 e. The maximum Gasteiger partial charge on any atom is 0.233 e. The van der Waals surface area contributed by atoms with E-state index in [9.17, 15) is 8.42 Å². The number of benzene rings is 2. The second kappa shape index (κ2) is 11.0. The second-order valence-corrected chi connectivity index (χ2v) is 9.40. The first-order valence-corrected chi connectivity index (χ1v) is 11.9. The first-order chi connectivity index (χ1) is 15.8. The minimum Gasteiger partial charge on any atom is -0.493 e. The van der Waals surface area contributed by atoms with Crippen molar-refractivity contribution < 1.29 is 22.3 Å². The molecular weight excluding hydrogens is 442 g/mol. The average Bonchev–Trinajstić information content (AvgIpc) is 3.24. The fraction of sp³-hybridized carbons (Fsp3) is 0.292. The molecule has 3 rings (SSSR count). The van der Waals surface area contributed by atoms with Crippen LogP contribution in [0, 0.1) is 0 Å². The van der Waals surface area contributed by atoms with Crippen LogP contribution in [0.15, 0.2) is 62.9 Å². The zero-order valence-electron chi connectivity index (χ0n) is 19.2. The van der Waals surface area contributed by atoms with E-state index in [1.54, 1.807) is 68.8 Å². The highest BCUT2D eigenvalue weighted by Gasteiger charge is 2.27. The first-order valence-electron chi connectivity index (χ1n) is 10.4. The van der Waals surface area contributed by atoms with Crippen LogP contribution >= 0.6 is 0 Å². The smallest absolute Gasteiger partial charge is 0.233 e. The standard InChI is InChI=1S/C24H29N3O5S/c1-27(2)16-8-15-25-23-24(33(28,29)19-9-6-5-7-10-19)26-22(32-23)14-12-18-11-13-20(30-3)21(17-18)31-4/h5-7,9-14,17,25H,8,15-16H2,1-4H3/b14-12+. The molecule has 0 aliphatic carbocycles. The zero-order valence-corrected chi connectivity index (χ0v) is 20.1. The topological polar surface area (TPSA) is 93.9 Å². The normalized spacial score (nSPS) is 11.8. The number of nitrogens with one attached hydrogen (secondary N) is 1. The van der Waals surface area contributed by atoms with Crippen LogP contribution in [0.3, 0.4) is 0 Å². The summed E-state index contributed by atoms with van der Waals surface area (Å²) < 4.78 is 42.8. The minimum atomic E-state index is -3.85. The number of sulfone groups is 1. The van der Waals surface area contributed by atoms with Gasteiger partial charge in [0.15, 0.2) is 11.5 Å². The van der Waals surface area contributed by atoms with Gasteiger partial charge in [-0.15, -0.1) is 0 Å². The van der Waals surface area contributed by atoms with Gasteiger partial charge >= 0.3 is 0 Å². The SMILES string of the molecule is COc1ccc(/C=C/c2nc(S(=O)(=O)c3ccccc3)c(NCCCN(C)C)o2)cc1OC. The van der Waals surface area contributed by atoms with E-state index in [1.165, 1.54) is 0 Å². The van der Waals surface area contributed by atoms with Gasteiger partial charge in [0.25, 0.3) is 0 Å². The Bertz CT molecular complexity index is 1190. The van der Waals surface area contributed by atoms with Crippen molar-refractivity contribution in [2.75, 3.05) is 46.7 Å². The van der Waals surface area contributed by atoms with E-state index < -0.39 is 9.84 Å².